The fraction of sp³-hybridized carbons (Fsp3) is 0.306. The van der Waals surface area contributed by atoms with Gasteiger partial charge >= 0.3 is 48.1 Å². The summed E-state index contributed by atoms with van der Waals surface area (Å²) in [6.45, 7) is 8.32. The van der Waals surface area contributed by atoms with Crippen LogP contribution in [-0.2, 0) is 23.9 Å². The van der Waals surface area contributed by atoms with Gasteiger partial charge in [-0.2, -0.15) is 13.2 Å². The second-order valence-electron chi connectivity index (χ2n) is 21.5. The van der Waals surface area contributed by atoms with Crippen molar-refractivity contribution in [2.75, 3.05) is 87.2 Å². The third-order valence-corrected chi connectivity index (χ3v) is 18.9. The molecular formula is C62H56Br3F7N12O12S2. The number of nitrogens with one attached hydrogen (secondary N) is 3. The third-order valence-electron chi connectivity index (χ3n) is 15.4. The Morgan fingerprint density at radius 1 is 0.633 bits per heavy atom. The molecular weight excluding hydrogens is 1540 g/mol. The smallest absolute Gasteiger partial charge is 0.478 e. The van der Waals surface area contributed by atoms with E-state index in [9.17, 15) is 59.5 Å². The lowest BCUT2D eigenvalue weighted by molar-refractivity contribution is -0.192. The number of carboxylic acid groups (broad SMARTS) is 3. The van der Waals surface area contributed by atoms with Crippen molar-refractivity contribution >= 4 is 135 Å². The number of piperazine rings is 2. The van der Waals surface area contributed by atoms with E-state index in [0.29, 0.717) is 102 Å². The van der Waals surface area contributed by atoms with E-state index >= 15 is 0 Å². The molecule has 6 aliphatic rings. The highest BCUT2D eigenvalue weighted by Gasteiger charge is 2.44. The number of urea groups is 2. The Morgan fingerprint density at radius 3 is 1.50 bits per heavy atom. The molecule has 6 N–H and O–H groups in total. The van der Waals surface area contributed by atoms with Gasteiger partial charge in [0.1, 0.15) is 35.4 Å². The number of halogens is 10. The summed E-state index contributed by atoms with van der Waals surface area (Å²) in [5.41, 5.74) is 2.93. The van der Waals surface area contributed by atoms with Gasteiger partial charge in [-0.1, -0.05) is 59.9 Å². The predicted octanol–water partition coefficient (Wildman–Crippen LogP) is 10.1. The second kappa shape index (κ2) is 32.3. The van der Waals surface area contributed by atoms with Gasteiger partial charge in [0.05, 0.1) is 47.6 Å². The number of hydrogen-bond acceptors (Lipinski definition) is 19. The van der Waals surface area contributed by atoms with Gasteiger partial charge in [-0.15, -0.1) is 22.7 Å². The van der Waals surface area contributed by atoms with Gasteiger partial charge in [0, 0.05) is 119 Å². The summed E-state index contributed by atoms with van der Waals surface area (Å²) in [6.07, 6.45) is -1.74. The number of allylic oxidation sites excluding steroid dienone is 1. The average molecular weight is 1600 g/mol. The quantitative estimate of drug-likeness (QED) is 0.0316. The van der Waals surface area contributed by atoms with Crippen molar-refractivity contribution in [3.05, 3.63) is 183 Å². The van der Waals surface area contributed by atoms with Crippen LogP contribution >= 0.6 is 70.5 Å². The topological polar surface area (TPSA) is 301 Å². The normalized spacial score (nSPS) is 19.1. The first-order valence-electron chi connectivity index (χ1n) is 29.4. The predicted molar refractivity (Wildman–Crippen MR) is 355 cm³/mol. The summed E-state index contributed by atoms with van der Waals surface area (Å²) >= 11 is 13.1. The maximum atomic E-state index is 14.4. The van der Waals surface area contributed by atoms with Crippen molar-refractivity contribution in [3.63, 3.8) is 0 Å². The Bertz CT molecular complexity index is 4170. The molecule has 0 radical (unpaired) electrons. The lowest BCUT2D eigenvalue weighted by atomic mass is 9.95. The highest BCUT2D eigenvalue weighted by Crippen LogP contribution is 2.40. The molecule has 0 bridgehead atoms. The molecule has 518 valence electrons. The van der Waals surface area contributed by atoms with E-state index in [-0.39, 0.29) is 73.1 Å². The number of thiazole rings is 2. The Balaban J connectivity index is 0.000000178. The highest BCUT2D eigenvalue weighted by atomic mass is 79.9. The molecule has 4 amide bonds. The Kier molecular flexibility index (Phi) is 24.3. The SMILES string of the molecule is CCOC(=O)C1=C(CBr)NC(c2nccs2)=N[C@H]1c1ccc(F)cc1Br.CCOC(=O)C1=C(CN2CCN3C(=O)N(c4ccc(C(=O)O)c(F)c4)C[C@@H]3C2)NC(c2nccs2)=N[C@H]1c1ccc(F)cc1Br.O=C(O)C(F)(F)F.O=C(O)c1ccc(N2C[C@@H]3CNCCN3C2=O)cc1F. The first-order chi connectivity index (χ1) is 46.7. The van der Waals surface area contributed by atoms with Gasteiger partial charge in [0.15, 0.2) is 21.7 Å². The van der Waals surface area contributed by atoms with Crippen LogP contribution in [-0.4, -0.2) is 189 Å². The van der Waals surface area contributed by atoms with E-state index in [0.717, 1.165) is 31.3 Å². The highest BCUT2D eigenvalue weighted by molar-refractivity contribution is 9.11. The number of ether oxygens (including phenoxy) is 2. The fourth-order valence-corrected chi connectivity index (χ4v) is 13.7. The maximum absolute atomic E-state index is 14.4. The summed E-state index contributed by atoms with van der Waals surface area (Å²) in [5, 5.41) is 40.2. The van der Waals surface area contributed by atoms with Gasteiger partial charge in [-0.25, -0.2) is 61.1 Å². The van der Waals surface area contributed by atoms with Crippen LogP contribution < -0.4 is 25.8 Å². The number of esters is 2. The minimum absolute atomic E-state index is 0.0819. The zero-order valence-corrected chi connectivity index (χ0v) is 57.6. The molecule has 6 aromatic rings. The Labute approximate surface area is 585 Å². The molecule has 6 aliphatic heterocycles. The Morgan fingerprint density at radius 2 is 1.09 bits per heavy atom. The van der Waals surface area contributed by atoms with Gasteiger partial charge in [0.2, 0.25) is 0 Å². The molecule has 0 aliphatic carbocycles. The molecule has 98 heavy (non-hydrogen) atoms. The van der Waals surface area contributed by atoms with E-state index in [4.69, 9.17) is 34.6 Å². The molecule has 8 heterocycles. The van der Waals surface area contributed by atoms with Gasteiger partial charge in [-0.3, -0.25) is 24.7 Å². The second-order valence-corrected chi connectivity index (χ2v) is 25.6. The van der Waals surface area contributed by atoms with Crippen molar-refractivity contribution in [2.45, 2.75) is 44.2 Å². The van der Waals surface area contributed by atoms with Crippen LogP contribution in [0.3, 0.4) is 0 Å². The summed E-state index contributed by atoms with van der Waals surface area (Å²) < 4.78 is 99.1. The number of amidine groups is 2. The lowest BCUT2D eigenvalue weighted by Crippen LogP contribution is -2.53. The molecule has 4 fully saturated rings. The molecule has 0 saturated carbocycles. The number of aliphatic carboxylic acids is 1. The average Bonchev–Trinajstić information content (AvgIpc) is 1.06. The third kappa shape index (κ3) is 17.1. The minimum atomic E-state index is -5.08. The number of amides is 4. The molecule has 4 atom stereocenters. The summed E-state index contributed by atoms with van der Waals surface area (Å²) in [5.74, 6) is -8.02. The number of aromatic carboxylic acids is 2. The molecule has 0 unspecified atom stereocenters. The summed E-state index contributed by atoms with van der Waals surface area (Å²) in [4.78, 5) is 109. The number of carboxylic acids is 3. The minimum Gasteiger partial charge on any atom is -0.478 e. The maximum Gasteiger partial charge on any atom is 0.490 e. The number of carbonyl (C=O) groups excluding carboxylic acids is 4. The number of aliphatic imine (C=N–C) groups is 2. The van der Waals surface area contributed by atoms with Gasteiger partial charge < -0.3 is 50.5 Å². The number of fused-ring (bicyclic) bond motifs is 2. The van der Waals surface area contributed by atoms with Gasteiger partial charge in [-0.05, 0) is 85.6 Å². The summed E-state index contributed by atoms with van der Waals surface area (Å²) in [7, 11) is 0. The van der Waals surface area contributed by atoms with Crippen LogP contribution in [0.2, 0.25) is 0 Å². The van der Waals surface area contributed by atoms with Crippen LogP contribution in [0.4, 0.5) is 51.7 Å². The lowest BCUT2D eigenvalue weighted by Gasteiger charge is -2.38. The van der Waals surface area contributed by atoms with Crippen LogP contribution in [0.5, 0.6) is 0 Å². The van der Waals surface area contributed by atoms with Crippen LogP contribution in [0, 0.1) is 23.3 Å². The van der Waals surface area contributed by atoms with E-state index in [1.54, 1.807) is 48.2 Å². The molecule has 4 saturated heterocycles. The number of hydrogen-bond donors (Lipinski definition) is 6. The zero-order chi connectivity index (χ0) is 70.9. The number of benzene rings is 4. The molecule has 2 aromatic heterocycles. The summed E-state index contributed by atoms with van der Waals surface area (Å²) in [6, 6.07) is 13.9. The van der Waals surface area contributed by atoms with Crippen molar-refractivity contribution in [1.29, 1.82) is 0 Å². The largest absolute Gasteiger partial charge is 0.490 e. The number of nitrogens with zero attached hydrogens (tertiary/aromatic N) is 9. The van der Waals surface area contributed by atoms with Crippen LogP contribution in [0.15, 0.2) is 137 Å². The van der Waals surface area contributed by atoms with Crippen LogP contribution in [0.1, 0.15) is 67.8 Å². The Hall–Kier alpha value is -8.68. The number of aromatic nitrogens is 2. The zero-order valence-electron chi connectivity index (χ0n) is 51.2. The number of rotatable bonds is 15. The van der Waals surface area contributed by atoms with E-state index in [2.05, 4.69) is 83.6 Å². The van der Waals surface area contributed by atoms with E-state index in [1.165, 1.54) is 74.9 Å². The van der Waals surface area contributed by atoms with E-state index in [1.807, 2.05) is 10.8 Å². The van der Waals surface area contributed by atoms with Crippen molar-refractivity contribution < 1.29 is 89.1 Å². The molecule has 12 rings (SSSR count). The molecule has 0 spiro atoms. The first-order valence-corrected chi connectivity index (χ1v) is 33.9. The van der Waals surface area contributed by atoms with Crippen molar-refractivity contribution in [2.24, 2.45) is 9.98 Å². The van der Waals surface area contributed by atoms with E-state index < -0.39 is 71.1 Å². The fourth-order valence-electron chi connectivity index (χ4n) is 11.0. The number of carbonyl (C=O) groups is 7. The van der Waals surface area contributed by atoms with Gasteiger partial charge in [0.25, 0.3) is 0 Å². The van der Waals surface area contributed by atoms with Crippen molar-refractivity contribution in [3.8, 4) is 0 Å². The molecule has 24 nitrogen and oxygen atoms in total. The van der Waals surface area contributed by atoms with Crippen molar-refractivity contribution in [1.82, 2.24) is 40.6 Å². The standard InChI is InChI=1S/C30H27BrF2N6O5S.C17H14Br2FN3O2S.C13H14FN3O3.C2HF3O2/c1-2-44-29(42)24-23(35-26(27-34-7-10-45-27)36-25(24)19-5-3-16(32)11-21(19)31)15-37-8-9-38-18(13-37)14-39(30(38)43)17-4-6-20(28(40)41)22(33)12-17;1-2-25-17(24)13-12(8-18)22-15(16-21-5-6-26-16)23-14(13)10-4-3-9(20)7-11(10)19;14-11-5-8(1-2-10(11)12(18)19)17-7-9-6-15-3-4-16(9)13(17)20;3-2(4,5)1(6)7/h3-7,10-12,18,25H,2,8-9,13-15H2,1H3,(H,35,36)(H,40,41);3-7,14H,2,8H2,1H3,(H,22,23);1-2,5,9,15H,3-4,6-7H2,(H,18,19);(H,6,7)/t18-,25-;14-;9-;/m000./s1. The molecule has 4 aromatic carbocycles. The first kappa shape index (κ1) is 73.6. The number of alkyl halides is 4. The van der Waals surface area contributed by atoms with Crippen LogP contribution in [0.25, 0.3) is 0 Å². The molecule has 36 heteroatoms. The number of anilines is 2. The monoisotopic (exact) mass is 1590 g/mol.